The summed E-state index contributed by atoms with van der Waals surface area (Å²) in [5.74, 6) is 0.491. The van der Waals surface area contributed by atoms with Gasteiger partial charge >= 0.3 is 0 Å². The predicted octanol–water partition coefficient (Wildman–Crippen LogP) is 4.10. The largest absolute Gasteiger partial charge is 0.495 e. The third-order valence-electron chi connectivity index (χ3n) is 3.63. The lowest BCUT2D eigenvalue weighted by Crippen LogP contribution is -2.15. The molecule has 0 amide bonds. The molecular formula is C18H23NO3S. The molecule has 0 atom stereocenters. The maximum Gasteiger partial charge on any atom is 0.262 e. The molecule has 2 aromatic carbocycles. The Hall–Kier alpha value is -2.01. The van der Waals surface area contributed by atoms with E-state index in [1.54, 1.807) is 24.3 Å². The van der Waals surface area contributed by atoms with E-state index in [4.69, 9.17) is 4.74 Å². The van der Waals surface area contributed by atoms with Crippen LogP contribution in [0.25, 0.3) is 0 Å². The molecule has 0 aliphatic heterocycles. The van der Waals surface area contributed by atoms with E-state index in [0.29, 0.717) is 11.4 Å². The molecule has 1 N–H and O–H groups in total. The van der Waals surface area contributed by atoms with Gasteiger partial charge in [-0.25, -0.2) is 8.42 Å². The number of nitrogens with one attached hydrogen (secondary N) is 1. The quantitative estimate of drug-likeness (QED) is 0.916. The molecule has 0 unspecified atom stereocenters. The molecule has 0 radical (unpaired) electrons. The molecule has 4 nitrogen and oxygen atoms in total. The molecule has 0 aliphatic carbocycles. The highest BCUT2D eigenvalue weighted by atomic mass is 32.2. The molecule has 0 aromatic heterocycles. The van der Waals surface area contributed by atoms with Crippen LogP contribution in [0.3, 0.4) is 0 Å². The van der Waals surface area contributed by atoms with Crippen LogP contribution < -0.4 is 9.46 Å². The first-order valence-corrected chi connectivity index (χ1v) is 8.90. The normalized spacial score (nSPS) is 12.0. The topological polar surface area (TPSA) is 55.4 Å². The Morgan fingerprint density at radius 2 is 1.61 bits per heavy atom. The molecule has 0 bridgehead atoms. The molecular weight excluding hydrogens is 310 g/mol. The van der Waals surface area contributed by atoms with E-state index in [9.17, 15) is 8.42 Å². The first-order chi connectivity index (χ1) is 10.6. The van der Waals surface area contributed by atoms with E-state index < -0.39 is 10.0 Å². The van der Waals surface area contributed by atoms with Gasteiger partial charge in [0.15, 0.2) is 0 Å². The number of sulfonamides is 1. The van der Waals surface area contributed by atoms with Gasteiger partial charge in [-0.1, -0.05) is 39.0 Å². The van der Waals surface area contributed by atoms with E-state index in [0.717, 1.165) is 11.1 Å². The van der Waals surface area contributed by atoms with Crippen LogP contribution in [-0.2, 0) is 15.4 Å². The van der Waals surface area contributed by atoms with Crippen molar-refractivity contribution < 1.29 is 13.2 Å². The maximum absolute atomic E-state index is 12.6. The third-order valence-corrected chi connectivity index (χ3v) is 5.01. The predicted molar refractivity (Wildman–Crippen MR) is 93.7 cm³/mol. The van der Waals surface area contributed by atoms with Crippen LogP contribution in [0.5, 0.6) is 5.75 Å². The smallest absolute Gasteiger partial charge is 0.262 e. The van der Waals surface area contributed by atoms with Gasteiger partial charge in [-0.15, -0.1) is 0 Å². The van der Waals surface area contributed by atoms with Crippen molar-refractivity contribution >= 4 is 15.7 Å². The highest BCUT2D eigenvalue weighted by Gasteiger charge is 2.19. The lowest BCUT2D eigenvalue weighted by atomic mass is 9.87. The monoisotopic (exact) mass is 333 g/mol. The van der Waals surface area contributed by atoms with Crippen molar-refractivity contribution in [1.82, 2.24) is 0 Å². The van der Waals surface area contributed by atoms with Crippen LogP contribution in [-0.4, -0.2) is 15.5 Å². The molecule has 124 valence electrons. The Labute approximate surface area is 138 Å². The molecule has 0 saturated heterocycles. The number of ether oxygens (including phenoxy) is 1. The van der Waals surface area contributed by atoms with Crippen molar-refractivity contribution in [1.29, 1.82) is 0 Å². The zero-order valence-corrected chi connectivity index (χ0v) is 15.0. The molecule has 0 aliphatic rings. The van der Waals surface area contributed by atoms with Gasteiger partial charge < -0.3 is 4.74 Å². The van der Waals surface area contributed by atoms with Gasteiger partial charge in [0.2, 0.25) is 0 Å². The van der Waals surface area contributed by atoms with Crippen molar-refractivity contribution in [3.63, 3.8) is 0 Å². The van der Waals surface area contributed by atoms with E-state index in [-0.39, 0.29) is 10.3 Å². The number of hydrogen-bond acceptors (Lipinski definition) is 3. The average molecular weight is 333 g/mol. The van der Waals surface area contributed by atoms with E-state index in [2.05, 4.69) is 25.5 Å². The number of benzene rings is 2. The van der Waals surface area contributed by atoms with Gasteiger partial charge in [0.05, 0.1) is 17.7 Å². The summed E-state index contributed by atoms with van der Waals surface area (Å²) in [4.78, 5) is 0.231. The van der Waals surface area contributed by atoms with E-state index in [1.165, 1.54) is 7.11 Å². The SMILES string of the molecule is COc1ccc(C)cc1NS(=O)(=O)c1ccc(C(C)(C)C)cc1. The van der Waals surface area contributed by atoms with Crippen LogP contribution >= 0.6 is 0 Å². The number of hydrogen-bond donors (Lipinski definition) is 1. The van der Waals surface area contributed by atoms with E-state index >= 15 is 0 Å². The molecule has 2 rings (SSSR count). The van der Waals surface area contributed by atoms with Crippen molar-refractivity contribution in [2.24, 2.45) is 0 Å². The van der Waals surface area contributed by atoms with Gasteiger partial charge in [0.1, 0.15) is 5.75 Å². The summed E-state index contributed by atoms with van der Waals surface area (Å²) >= 11 is 0. The fraction of sp³-hybridized carbons (Fsp3) is 0.333. The number of aryl methyl sites for hydroxylation is 1. The zero-order chi connectivity index (χ0) is 17.3. The summed E-state index contributed by atoms with van der Waals surface area (Å²) in [6, 6.07) is 12.3. The van der Waals surface area contributed by atoms with E-state index in [1.807, 2.05) is 25.1 Å². The summed E-state index contributed by atoms with van der Waals surface area (Å²) in [6.07, 6.45) is 0. The first kappa shape index (κ1) is 17.3. The summed E-state index contributed by atoms with van der Waals surface area (Å²) < 4.78 is 33.0. The van der Waals surface area contributed by atoms with Gasteiger partial charge in [-0.2, -0.15) is 0 Å². The van der Waals surface area contributed by atoms with Gasteiger partial charge in [-0.05, 0) is 47.7 Å². The van der Waals surface area contributed by atoms with Crippen molar-refractivity contribution in [2.75, 3.05) is 11.8 Å². The van der Waals surface area contributed by atoms with Gasteiger partial charge in [0, 0.05) is 0 Å². The summed E-state index contributed by atoms with van der Waals surface area (Å²) in [5.41, 5.74) is 2.46. The number of anilines is 1. The van der Waals surface area contributed by atoms with Crippen LogP contribution in [0.2, 0.25) is 0 Å². The van der Waals surface area contributed by atoms with Gasteiger partial charge in [-0.3, -0.25) is 4.72 Å². The zero-order valence-electron chi connectivity index (χ0n) is 14.2. The molecule has 0 fully saturated rings. The summed E-state index contributed by atoms with van der Waals surface area (Å²) in [6.45, 7) is 8.17. The second-order valence-corrected chi connectivity index (χ2v) is 8.27. The maximum atomic E-state index is 12.6. The molecule has 0 heterocycles. The molecule has 5 heteroatoms. The van der Waals surface area contributed by atoms with Crippen LogP contribution in [0, 0.1) is 6.92 Å². The number of methoxy groups -OCH3 is 1. The average Bonchev–Trinajstić information content (AvgIpc) is 2.46. The molecule has 23 heavy (non-hydrogen) atoms. The molecule has 0 spiro atoms. The van der Waals surface area contributed by atoms with Crippen molar-refractivity contribution in [3.8, 4) is 5.75 Å². The Kier molecular flexibility index (Phi) is 4.71. The Morgan fingerprint density at radius 1 is 1.00 bits per heavy atom. The second-order valence-electron chi connectivity index (χ2n) is 6.58. The van der Waals surface area contributed by atoms with Crippen LogP contribution in [0.15, 0.2) is 47.4 Å². The van der Waals surface area contributed by atoms with Crippen molar-refractivity contribution in [2.45, 2.75) is 38.0 Å². The number of rotatable bonds is 4. The highest BCUT2D eigenvalue weighted by molar-refractivity contribution is 7.92. The lowest BCUT2D eigenvalue weighted by Gasteiger charge is -2.19. The lowest BCUT2D eigenvalue weighted by molar-refractivity contribution is 0.417. The first-order valence-electron chi connectivity index (χ1n) is 7.41. The van der Waals surface area contributed by atoms with Gasteiger partial charge in [0.25, 0.3) is 10.0 Å². The Bertz CT molecular complexity index is 788. The minimum Gasteiger partial charge on any atom is -0.495 e. The Morgan fingerprint density at radius 3 is 2.13 bits per heavy atom. The minimum atomic E-state index is -3.65. The fourth-order valence-corrected chi connectivity index (χ4v) is 3.30. The second kappa shape index (κ2) is 6.24. The fourth-order valence-electron chi connectivity index (χ4n) is 2.24. The molecule has 2 aromatic rings. The van der Waals surface area contributed by atoms with Crippen molar-refractivity contribution in [3.05, 3.63) is 53.6 Å². The summed E-state index contributed by atoms with van der Waals surface area (Å²) in [7, 11) is -2.14. The third kappa shape index (κ3) is 4.05. The molecule has 0 saturated carbocycles. The van der Waals surface area contributed by atoms with Crippen LogP contribution in [0.1, 0.15) is 31.9 Å². The van der Waals surface area contributed by atoms with Crippen LogP contribution in [0.4, 0.5) is 5.69 Å². The standard InChI is InChI=1S/C18H23NO3S/c1-13-6-11-17(22-5)16(12-13)19-23(20,21)15-9-7-14(8-10-15)18(2,3)4/h6-12,19H,1-5H3. The highest BCUT2D eigenvalue weighted by Crippen LogP contribution is 2.29. The minimum absolute atomic E-state index is 0.0184. The summed E-state index contributed by atoms with van der Waals surface area (Å²) in [5, 5.41) is 0. The Balaban J connectivity index is 2.34.